The fourth-order valence-electron chi connectivity index (χ4n) is 1.74. The van der Waals surface area contributed by atoms with Crippen LogP contribution in [0.3, 0.4) is 0 Å². The number of fused-ring (bicyclic) bond motifs is 1. The highest BCUT2D eigenvalue weighted by Gasteiger charge is 2.19. The normalized spacial score (nSPS) is 19.3. The van der Waals surface area contributed by atoms with E-state index in [2.05, 4.69) is 28.9 Å². The monoisotopic (exact) mass is 217 g/mol. The van der Waals surface area contributed by atoms with Gasteiger partial charge in [0.2, 0.25) is 0 Å². The number of para-hydroxylation sites is 1. The SMILES string of the molecule is c1csc(C2Nc3ccccc3CO2)c1. The molecule has 0 saturated heterocycles. The van der Waals surface area contributed by atoms with Crippen LogP contribution in [0.2, 0.25) is 0 Å². The van der Waals surface area contributed by atoms with Gasteiger partial charge in [0.1, 0.15) is 0 Å². The lowest BCUT2D eigenvalue weighted by Crippen LogP contribution is -2.19. The molecule has 15 heavy (non-hydrogen) atoms. The first-order chi connectivity index (χ1) is 7.43. The third-order valence-electron chi connectivity index (χ3n) is 2.51. The summed E-state index contributed by atoms with van der Waals surface area (Å²) in [7, 11) is 0. The summed E-state index contributed by atoms with van der Waals surface area (Å²) in [6, 6.07) is 12.4. The van der Waals surface area contributed by atoms with E-state index in [1.54, 1.807) is 11.3 Å². The molecule has 2 aromatic rings. The average molecular weight is 217 g/mol. The third kappa shape index (κ3) is 1.64. The Labute approximate surface area is 92.5 Å². The molecule has 1 aliphatic rings. The van der Waals surface area contributed by atoms with Crippen LogP contribution in [0.5, 0.6) is 0 Å². The number of benzene rings is 1. The van der Waals surface area contributed by atoms with Gasteiger partial charge in [-0.15, -0.1) is 11.3 Å². The van der Waals surface area contributed by atoms with Gasteiger partial charge in [-0.3, -0.25) is 0 Å². The van der Waals surface area contributed by atoms with Crippen LogP contribution in [0.4, 0.5) is 5.69 Å². The van der Waals surface area contributed by atoms with E-state index in [0.29, 0.717) is 6.61 Å². The lowest BCUT2D eigenvalue weighted by molar-refractivity contribution is 0.0530. The van der Waals surface area contributed by atoms with Gasteiger partial charge in [-0.05, 0) is 17.5 Å². The van der Waals surface area contributed by atoms with Crippen LogP contribution in [0.1, 0.15) is 16.7 Å². The summed E-state index contributed by atoms with van der Waals surface area (Å²) < 4.78 is 5.75. The summed E-state index contributed by atoms with van der Waals surface area (Å²) in [6.07, 6.45) is 0.0138. The summed E-state index contributed by atoms with van der Waals surface area (Å²) in [5, 5.41) is 5.46. The minimum Gasteiger partial charge on any atom is -0.355 e. The van der Waals surface area contributed by atoms with Crippen molar-refractivity contribution >= 4 is 17.0 Å². The second-order valence-electron chi connectivity index (χ2n) is 3.51. The smallest absolute Gasteiger partial charge is 0.163 e. The van der Waals surface area contributed by atoms with E-state index >= 15 is 0 Å². The van der Waals surface area contributed by atoms with Crippen LogP contribution in [0.15, 0.2) is 41.8 Å². The number of nitrogens with one attached hydrogen (secondary N) is 1. The molecule has 0 aliphatic carbocycles. The Balaban J connectivity index is 1.89. The second kappa shape index (κ2) is 3.68. The van der Waals surface area contributed by atoms with Crippen LogP contribution >= 0.6 is 11.3 Å². The summed E-state index contributed by atoms with van der Waals surface area (Å²) in [5.74, 6) is 0. The Hall–Kier alpha value is -1.32. The molecule has 3 rings (SSSR count). The highest BCUT2D eigenvalue weighted by molar-refractivity contribution is 7.10. The number of hydrogen-bond acceptors (Lipinski definition) is 3. The van der Waals surface area contributed by atoms with E-state index in [4.69, 9.17) is 4.74 Å². The molecule has 76 valence electrons. The first kappa shape index (κ1) is 8.95. The molecular formula is C12H11NOS. The Kier molecular flexibility index (Phi) is 2.19. The van der Waals surface area contributed by atoms with Gasteiger partial charge in [0.05, 0.1) is 11.5 Å². The minimum atomic E-state index is 0.0138. The van der Waals surface area contributed by atoms with Crippen molar-refractivity contribution in [3.8, 4) is 0 Å². The lowest BCUT2D eigenvalue weighted by Gasteiger charge is -2.26. The predicted molar refractivity (Wildman–Crippen MR) is 61.9 cm³/mol. The molecule has 0 fully saturated rings. The molecule has 0 amide bonds. The maximum atomic E-state index is 5.75. The van der Waals surface area contributed by atoms with Crippen molar-refractivity contribution < 1.29 is 4.74 Å². The van der Waals surface area contributed by atoms with Crippen molar-refractivity contribution in [3.05, 3.63) is 52.2 Å². The highest BCUT2D eigenvalue weighted by atomic mass is 32.1. The van der Waals surface area contributed by atoms with Gasteiger partial charge in [0.15, 0.2) is 6.23 Å². The molecule has 0 bridgehead atoms. The number of ether oxygens (including phenoxy) is 1. The molecule has 0 radical (unpaired) electrons. The molecule has 1 atom stereocenters. The van der Waals surface area contributed by atoms with E-state index in [9.17, 15) is 0 Å². The van der Waals surface area contributed by atoms with Gasteiger partial charge in [-0.25, -0.2) is 0 Å². The minimum absolute atomic E-state index is 0.0138. The van der Waals surface area contributed by atoms with E-state index < -0.39 is 0 Å². The first-order valence-electron chi connectivity index (χ1n) is 4.93. The predicted octanol–water partition coefficient (Wildman–Crippen LogP) is 3.39. The van der Waals surface area contributed by atoms with Gasteiger partial charge in [-0.1, -0.05) is 24.3 Å². The van der Waals surface area contributed by atoms with E-state index in [-0.39, 0.29) is 6.23 Å². The van der Waals surface area contributed by atoms with Crippen molar-refractivity contribution in [2.24, 2.45) is 0 Å². The molecule has 3 heteroatoms. The molecule has 0 saturated carbocycles. The fourth-order valence-corrected chi connectivity index (χ4v) is 2.46. The van der Waals surface area contributed by atoms with Gasteiger partial charge in [0.25, 0.3) is 0 Å². The van der Waals surface area contributed by atoms with Crippen molar-refractivity contribution in [1.29, 1.82) is 0 Å². The van der Waals surface area contributed by atoms with Crippen molar-refractivity contribution in [3.63, 3.8) is 0 Å². The van der Waals surface area contributed by atoms with Crippen molar-refractivity contribution in [1.82, 2.24) is 0 Å². The zero-order chi connectivity index (χ0) is 10.1. The quantitative estimate of drug-likeness (QED) is 0.790. The highest BCUT2D eigenvalue weighted by Crippen LogP contribution is 2.31. The van der Waals surface area contributed by atoms with Gasteiger partial charge in [-0.2, -0.15) is 0 Å². The Morgan fingerprint density at radius 2 is 2.13 bits per heavy atom. The topological polar surface area (TPSA) is 21.3 Å². The maximum Gasteiger partial charge on any atom is 0.163 e. The number of rotatable bonds is 1. The second-order valence-corrected chi connectivity index (χ2v) is 4.49. The molecule has 1 aromatic carbocycles. The van der Waals surface area contributed by atoms with Crippen LogP contribution in [0.25, 0.3) is 0 Å². The van der Waals surface area contributed by atoms with Crippen LogP contribution in [-0.2, 0) is 11.3 Å². The standard InChI is InChI=1S/C12H11NOS/c1-2-5-10-9(4-1)8-14-12(13-10)11-6-3-7-15-11/h1-7,12-13H,8H2. The third-order valence-corrected chi connectivity index (χ3v) is 3.43. The Morgan fingerprint density at radius 3 is 3.00 bits per heavy atom. The number of thiophene rings is 1. The molecule has 1 aromatic heterocycles. The summed E-state index contributed by atoms with van der Waals surface area (Å²) >= 11 is 1.72. The van der Waals surface area contributed by atoms with Gasteiger partial charge < -0.3 is 10.1 Å². The van der Waals surface area contributed by atoms with Crippen molar-refractivity contribution in [2.75, 3.05) is 5.32 Å². The molecule has 2 nitrogen and oxygen atoms in total. The van der Waals surface area contributed by atoms with Crippen molar-refractivity contribution in [2.45, 2.75) is 12.8 Å². The Morgan fingerprint density at radius 1 is 1.20 bits per heavy atom. The van der Waals surface area contributed by atoms with Crippen LogP contribution in [-0.4, -0.2) is 0 Å². The van der Waals surface area contributed by atoms with E-state index in [0.717, 1.165) is 0 Å². The molecule has 1 N–H and O–H groups in total. The van der Waals surface area contributed by atoms with Gasteiger partial charge >= 0.3 is 0 Å². The fraction of sp³-hybridized carbons (Fsp3) is 0.167. The summed E-state index contributed by atoms with van der Waals surface area (Å²) in [6.45, 7) is 0.686. The first-order valence-corrected chi connectivity index (χ1v) is 5.81. The molecular weight excluding hydrogens is 206 g/mol. The average Bonchev–Trinajstić information content (AvgIpc) is 2.82. The number of anilines is 1. The molecule has 2 heterocycles. The Bertz CT molecular complexity index is 452. The zero-order valence-electron chi connectivity index (χ0n) is 8.14. The largest absolute Gasteiger partial charge is 0.355 e. The van der Waals surface area contributed by atoms with Gasteiger partial charge in [0, 0.05) is 11.3 Å². The maximum absolute atomic E-state index is 5.75. The summed E-state index contributed by atoms with van der Waals surface area (Å²) in [4.78, 5) is 1.23. The van der Waals surface area contributed by atoms with E-state index in [1.165, 1.54) is 16.1 Å². The number of hydrogen-bond donors (Lipinski definition) is 1. The molecule has 0 spiro atoms. The van der Waals surface area contributed by atoms with Crippen LogP contribution < -0.4 is 5.32 Å². The molecule has 1 aliphatic heterocycles. The van der Waals surface area contributed by atoms with E-state index in [1.807, 2.05) is 18.2 Å². The summed E-state index contributed by atoms with van der Waals surface area (Å²) in [5.41, 5.74) is 2.41. The zero-order valence-corrected chi connectivity index (χ0v) is 8.96. The molecule has 1 unspecified atom stereocenters. The van der Waals surface area contributed by atoms with Crippen LogP contribution in [0, 0.1) is 0 Å². The lowest BCUT2D eigenvalue weighted by atomic mass is 10.1.